The van der Waals surface area contributed by atoms with E-state index in [1.807, 2.05) is 0 Å². The minimum atomic E-state index is -0.932. The van der Waals surface area contributed by atoms with Crippen LogP contribution in [-0.2, 0) is 9.59 Å². The fourth-order valence-corrected chi connectivity index (χ4v) is 4.04. The van der Waals surface area contributed by atoms with Crippen molar-refractivity contribution >= 4 is 46.3 Å². The molecule has 3 aromatic rings. The third-order valence-electron chi connectivity index (χ3n) is 5.26. The van der Waals surface area contributed by atoms with Crippen LogP contribution < -0.4 is 9.64 Å². The first-order chi connectivity index (χ1) is 15.8. The number of phenols is 1. The Hall–Kier alpha value is -3.48. The number of halogens is 2. The predicted octanol–water partition coefficient (Wildman–Crippen LogP) is 5.72. The van der Waals surface area contributed by atoms with Gasteiger partial charge in [0.1, 0.15) is 17.3 Å². The van der Waals surface area contributed by atoms with Crippen molar-refractivity contribution in [2.45, 2.75) is 13.0 Å². The van der Waals surface area contributed by atoms with Crippen molar-refractivity contribution in [1.82, 2.24) is 0 Å². The summed E-state index contributed by atoms with van der Waals surface area (Å²) < 4.78 is 5.50. The van der Waals surface area contributed by atoms with Crippen molar-refractivity contribution in [1.29, 1.82) is 0 Å². The van der Waals surface area contributed by atoms with E-state index in [2.05, 4.69) is 0 Å². The molecule has 33 heavy (non-hydrogen) atoms. The molecule has 168 valence electrons. The van der Waals surface area contributed by atoms with Crippen molar-refractivity contribution in [3.05, 3.63) is 93.5 Å². The van der Waals surface area contributed by atoms with Crippen molar-refractivity contribution in [3.63, 3.8) is 0 Å². The number of ether oxygens (including phenoxy) is 1. The van der Waals surface area contributed by atoms with Crippen molar-refractivity contribution in [3.8, 4) is 11.5 Å². The minimum absolute atomic E-state index is 0.0289. The summed E-state index contributed by atoms with van der Waals surface area (Å²) in [6.45, 7) is 2.16. The minimum Gasteiger partial charge on any atom is -0.508 e. The first kappa shape index (κ1) is 22.7. The van der Waals surface area contributed by atoms with E-state index in [1.54, 1.807) is 55.5 Å². The number of aromatic hydroxyl groups is 1. The predicted molar refractivity (Wildman–Crippen MR) is 127 cm³/mol. The van der Waals surface area contributed by atoms with E-state index >= 15 is 0 Å². The fourth-order valence-electron chi connectivity index (χ4n) is 3.74. The lowest BCUT2D eigenvalue weighted by atomic mass is 9.95. The molecule has 0 aromatic heterocycles. The van der Waals surface area contributed by atoms with Crippen molar-refractivity contribution in [2.75, 3.05) is 11.5 Å². The lowest BCUT2D eigenvalue weighted by molar-refractivity contribution is -0.132. The number of rotatable bonds is 5. The molecule has 8 heteroatoms. The highest BCUT2D eigenvalue weighted by molar-refractivity contribution is 6.51. The second-order valence-corrected chi connectivity index (χ2v) is 8.16. The van der Waals surface area contributed by atoms with Gasteiger partial charge in [0, 0.05) is 16.3 Å². The van der Waals surface area contributed by atoms with Gasteiger partial charge in [-0.2, -0.15) is 0 Å². The Labute approximate surface area is 200 Å². The Kier molecular flexibility index (Phi) is 6.31. The number of Topliss-reactive ketones (excluding diaryl/α,β-unsaturated/α-hetero) is 1. The molecule has 1 aliphatic heterocycles. The standard InChI is InChI=1S/C25H19Cl2NO5/c1-2-33-20-13-15(5-12-19(20)27)23(30)21-22(14-3-10-18(29)11-4-14)28(25(32)24(21)31)17-8-6-16(26)7-9-17/h3-13,22,29-30H,2H2,1H3/b23-21-. The van der Waals surface area contributed by atoms with Gasteiger partial charge < -0.3 is 14.9 Å². The van der Waals surface area contributed by atoms with Crippen LogP contribution in [0.25, 0.3) is 5.76 Å². The van der Waals surface area contributed by atoms with Crippen LogP contribution in [0.1, 0.15) is 24.1 Å². The Bertz CT molecular complexity index is 1250. The molecule has 1 unspecified atom stereocenters. The van der Waals surface area contributed by atoms with Crippen LogP contribution in [0, 0.1) is 0 Å². The highest BCUT2D eigenvalue weighted by atomic mass is 35.5. The summed E-state index contributed by atoms with van der Waals surface area (Å²) in [6.07, 6.45) is 0. The number of aliphatic hydroxyl groups excluding tert-OH is 1. The van der Waals surface area contributed by atoms with E-state index in [1.165, 1.54) is 23.1 Å². The zero-order chi connectivity index (χ0) is 23.7. The van der Waals surface area contributed by atoms with E-state index in [4.69, 9.17) is 27.9 Å². The molecule has 4 rings (SSSR count). The molecule has 0 aliphatic carbocycles. The Balaban J connectivity index is 1.92. The Morgan fingerprint density at radius 1 is 1.00 bits per heavy atom. The number of hydrogen-bond acceptors (Lipinski definition) is 5. The first-order valence-corrected chi connectivity index (χ1v) is 10.9. The van der Waals surface area contributed by atoms with Gasteiger partial charge >= 0.3 is 0 Å². The summed E-state index contributed by atoms with van der Waals surface area (Å²) in [7, 11) is 0. The van der Waals surface area contributed by atoms with Gasteiger partial charge in [0.15, 0.2) is 0 Å². The van der Waals surface area contributed by atoms with Crippen LogP contribution in [0.3, 0.4) is 0 Å². The van der Waals surface area contributed by atoms with Gasteiger partial charge in [-0.05, 0) is 67.1 Å². The molecule has 1 heterocycles. The van der Waals surface area contributed by atoms with Crippen LogP contribution in [0.5, 0.6) is 11.5 Å². The number of carbonyl (C=O) groups excluding carboxylic acids is 2. The van der Waals surface area contributed by atoms with Gasteiger partial charge in [-0.3, -0.25) is 14.5 Å². The number of hydrogen-bond donors (Lipinski definition) is 2. The summed E-state index contributed by atoms with van der Waals surface area (Å²) in [5.74, 6) is -1.62. The molecule has 1 atom stereocenters. The molecule has 1 aliphatic rings. The summed E-state index contributed by atoms with van der Waals surface area (Å²) in [5, 5.41) is 21.8. The summed E-state index contributed by atoms with van der Waals surface area (Å²) >= 11 is 12.2. The highest BCUT2D eigenvalue weighted by Crippen LogP contribution is 2.43. The van der Waals surface area contributed by atoms with Gasteiger partial charge in [0.05, 0.1) is 23.2 Å². The molecule has 6 nitrogen and oxygen atoms in total. The fraction of sp³-hybridized carbons (Fsp3) is 0.120. The number of aliphatic hydroxyl groups is 1. The molecule has 1 fully saturated rings. The molecule has 0 spiro atoms. The van der Waals surface area contributed by atoms with E-state index in [-0.39, 0.29) is 22.6 Å². The van der Waals surface area contributed by atoms with E-state index in [0.717, 1.165) is 0 Å². The van der Waals surface area contributed by atoms with Crippen LogP contribution in [0.2, 0.25) is 10.0 Å². The zero-order valence-electron chi connectivity index (χ0n) is 17.5. The van der Waals surface area contributed by atoms with Crippen LogP contribution in [-0.4, -0.2) is 28.5 Å². The number of ketones is 1. The molecular formula is C25H19Cl2NO5. The summed E-state index contributed by atoms with van der Waals surface area (Å²) in [4.78, 5) is 27.6. The van der Waals surface area contributed by atoms with Gasteiger partial charge in [-0.15, -0.1) is 0 Å². The summed E-state index contributed by atoms with van der Waals surface area (Å²) in [6, 6.07) is 16.2. The number of anilines is 1. The van der Waals surface area contributed by atoms with Crippen LogP contribution in [0.15, 0.2) is 72.3 Å². The van der Waals surface area contributed by atoms with E-state index in [9.17, 15) is 19.8 Å². The third kappa shape index (κ3) is 4.27. The van der Waals surface area contributed by atoms with Gasteiger partial charge in [0.25, 0.3) is 11.7 Å². The zero-order valence-corrected chi connectivity index (χ0v) is 19.0. The Morgan fingerprint density at radius 2 is 1.67 bits per heavy atom. The average Bonchev–Trinajstić information content (AvgIpc) is 3.06. The maximum absolute atomic E-state index is 13.2. The lowest BCUT2D eigenvalue weighted by Gasteiger charge is -2.25. The first-order valence-electron chi connectivity index (χ1n) is 10.1. The molecular weight excluding hydrogens is 465 g/mol. The molecule has 0 radical (unpaired) electrons. The molecule has 1 saturated heterocycles. The summed E-state index contributed by atoms with van der Waals surface area (Å²) in [5.41, 5.74) is 1.15. The van der Waals surface area contributed by atoms with Gasteiger partial charge in [-0.1, -0.05) is 35.3 Å². The molecule has 2 N–H and O–H groups in total. The topological polar surface area (TPSA) is 87.1 Å². The maximum atomic E-state index is 13.2. The number of carbonyl (C=O) groups is 2. The number of phenolic OH excluding ortho intramolecular Hbond substituents is 1. The van der Waals surface area contributed by atoms with Gasteiger partial charge in [0.2, 0.25) is 0 Å². The monoisotopic (exact) mass is 483 g/mol. The van der Waals surface area contributed by atoms with Gasteiger partial charge in [-0.25, -0.2) is 0 Å². The smallest absolute Gasteiger partial charge is 0.300 e. The maximum Gasteiger partial charge on any atom is 0.300 e. The average molecular weight is 484 g/mol. The second kappa shape index (κ2) is 9.17. The normalized spacial score (nSPS) is 17.4. The second-order valence-electron chi connectivity index (χ2n) is 7.32. The number of amides is 1. The van der Waals surface area contributed by atoms with E-state index < -0.39 is 17.7 Å². The molecule has 0 saturated carbocycles. The number of benzene rings is 3. The van der Waals surface area contributed by atoms with Crippen LogP contribution in [0.4, 0.5) is 5.69 Å². The van der Waals surface area contributed by atoms with Crippen molar-refractivity contribution < 1.29 is 24.5 Å². The number of nitrogens with zero attached hydrogens (tertiary/aromatic N) is 1. The largest absolute Gasteiger partial charge is 0.508 e. The third-order valence-corrected chi connectivity index (χ3v) is 5.83. The Morgan fingerprint density at radius 3 is 2.30 bits per heavy atom. The van der Waals surface area contributed by atoms with Crippen LogP contribution >= 0.6 is 23.2 Å². The lowest BCUT2D eigenvalue weighted by Crippen LogP contribution is -2.29. The van der Waals surface area contributed by atoms with E-state index in [0.29, 0.717) is 33.7 Å². The molecule has 1 amide bonds. The molecule has 0 bridgehead atoms. The van der Waals surface area contributed by atoms with Crippen molar-refractivity contribution in [2.24, 2.45) is 0 Å². The highest BCUT2D eigenvalue weighted by Gasteiger charge is 2.47. The SMILES string of the molecule is CCOc1cc(/C(O)=C2/C(=O)C(=O)N(c3ccc(Cl)cc3)C2c2ccc(O)cc2)ccc1Cl. The molecule has 3 aromatic carbocycles. The quantitative estimate of drug-likeness (QED) is 0.275.